The van der Waals surface area contributed by atoms with Crippen molar-refractivity contribution in [3.63, 3.8) is 0 Å². The van der Waals surface area contributed by atoms with Crippen molar-refractivity contribution < 1.29 is 9.59 Å². The summed E-state index contributed by atoms with van der Waals surface area (Å²) in [6, 6.07) is 19.5. The van der Waals surface area contributed by atoms with Gasteiger partial charge in [0.05, 0.1) is 0 Å². The monoisotopic (exact) mass is 250 g/mol. The van der Waals surface area contributed by atoms with Crippen LogP contribution in [0.15, 0.2) is 66.7 Å². The fourth-order valence-electron chi connectivity index (χ4n) is 1.91. The number of carbonyl (C=O) groups is 2. The number of hydrogen-bond acceptors (Lipinski definition) is 2. The van der Waals surface area contributed by atoms with Gasteiger partial charge in [0.2, 0.25) is 5.78 Å². The average molecular weight is 250 g/mol. The van der Waals surface area contributed by atoms with Gasteiger partial charge in [-0.25, -0.2) is 0 Å². The van der Waals surface area contributed by atoms with Gasteiger partial charge in [-0.1, -0.05) is 60.7 Å². The maximum absolute atomic E-state index is 11.3. The first-order chi connectivity index (χ1) is 9.29. The summed E-state index contributed by atoms with van der Waals surface area (Å²) in [4.78, 5) is 21.9. The second kappa shape index (κ2) is 6.45. The smallest absolute Gasteiger partial charge is 0.218 e. The van der Waals surface area contributed by atoms with E-state index < -0.39 is 5.78 Å². The summed E-state index contributed by atoms with van der Waals surface area (Å²) in [6.45, 7) is 0. The Labute approximate surface area is 112 Å². The largest absolute Gasteiger partial charge is 0.294 e. The molecule has 0 N–H and O–H groups in total. The number of aldehydes is 1. The van der Waals surface area contributed by atoms with E-state index in [4.69, 9.17) is 0 Å². The summed E-state index contributed by atoms with van der Waals surface area (Å²) in [6.07, 6.45) is 2.38. The zero-order valence-electron chi connectivity index (χ0n) is 10.5. The molecule has 2 rings (SSSR count). The van der Waals surface area contributed by atoms with Crippen LogP contribution in [0.3, 0.4) is 0 Å². The molecule has 0 fully saturated rings. The molecule has 2 heteroatoms. The number of allylic oxidation sites excluding steroid dienone is 2. The first-order valence-corrected chi connectivity index (χ1v) is 6.08. The third-order valence-electron chi connectivity index (χ3n) is 2.81. The summed E-state index contributed by atoms with van der Waals surface area (Å²) >= 11 is 0. The van der Waals surface area contributed by atoms with Gasteiger partial charge >= 0.3 is 0 Å². The Kier molecular flexibility index (Phi) is 4.40. The fraction of sp³-hybridized carbons (Fsp3) is 0.0588. The Bertz CT molecular complexity index is 583. The number of hydrogen-bond donors (Lipinski definition) is 0. The van der Waals surface area contributed by atoms with Gasteiger partial charge in [-0.2, -0.15) is 0 Å². The van der Waals surface area contributed by atoms with E-state index in [1.54, 1.807) is 0 Å². The minimum absolute atomic E-state index is 0.341. The van der Waals surface area contributed by atoms with E-state index in [0.717, 1.165) is 16.7 Å². The van der Waals surface area contributed by atoms with Crippen molar-refractivity contribution in [3.8, 4) is 0 Å². The van der Waals surface area contributed by atoms with E-state index in [1.165, 1.54) is 6.08 Å². The van der Waals surface area contributed by atoms with Crippen molar-refractivity contribution in [2.75, 3.05) is 0 Å². The Morgan fingerprint density at radius 3 is 2.05 bits per heavy atom. The standard InChI is InChI=1S/C17H14O2/c18-13-17(19)12-16(15-9-5-2-6-10-15)11-14-7-3-1-4-8-14/h1-10,12-13H,11H2. The van der Waals surface area contributed by atoms with Crippen LogP contribution in [0.1, 0.15) is 11.1 Å². The fourth-order valence-corrected chi connectivity index (χ4v) is 1.91. The highest BCUT2D eigenvalue weighted by Gasteiger charge is 2.05. The average Bonchev–Trinajstić information content (AvgIpc) is 2.48. The Morgan fingerprint density at radius 1 is 0.895 bits per heavy atom. The van der Waals surface area contributed by atoms with Gasteiger partial charge in [0.1, 0.15) is 0 Å². The number of benzene rings is 2. The van der Waals surface area contributed by atoms with Crippen LogP contribution < -0.4 is 0 Å². The van der Waals surface area contributed by atoms with E-state index in [1.807, 2.05) is 60.7 Å². The molecule has 19 heavy (non-hydrogen) atoms. The van der Waals surface area contributed by atoms with E-state index in [2.05, 4.69) is 0 Å². The molecule has 0 saturated heterocycles. The third kappa shape index (κ3) is 3.75. The summed E-state index contributed by atoms with van der Waals surface area (Å²) in [5, 5.41) is 0. The van der Waals surface area contributed by atoms with E-state index in [-0.39, 0.29) is 0 Å². The molecule has 0 saturated carbocycles. The number of rotatable bonds is 5. The highest BCUT2D eigenvalue weighted by molar-refractivity contribution is 6.32. The first-order valence-electron chi connectivity index (χ1n) is 6.08. The number of carbonyl (C=O) groups excluding carboxylic acids is 2. The maximum atomic E-state index is 11.3. The predicted molar refractivity (Wildman–Crippen MR) is 75.6 cm³/mol. The van der Waals surface area contributed by atoms with Gasteiger partial charge in [-0.05, 0) is 29.2 Å². The van der Waals surface area contributed by atoms with Gasteiger partial charge in [-0.15, -0.1) is 0 Å². The maximum Gasteiger partial charge on any atom is 0.218 e. The van der Waals surface area contributed by atoms with Gasteiger partial charge in [0, 0.05) is 0 Å². The van der Waals surface area contributed by atoms with E-state index in [9.17, 15) is 9.59 Å². The van der Waals surface area contributed by atoms with Crippen LogP contribution in [0.5, 0.6) is 0 Å². The van der Waals surface area contributed by atoms with Crippen LogP contribution in [-0.4, -0.2) is 12.1 Å². The summed E-state index contributed by atoms with van der Waals surface area (Å²) < 4.78 is 0. The molecule has 0 heterocycles. The zero-order valence-corrected chi connectivity index (χ0v) is 10.5. The van der Waals surface area contributed by atoms with Crippen LogP contribution in [0, 0.1) is 0 Å². The van der Waals surface area contributed by atoms with Crippen LogP contribution in [0.2, 0.25) is 0 Å². The summed E-state index contributed by atoms with van der Waals surface area (Å²) in [5.74, 6) is -0.505. The lowest BCUT2D eigenvalue weighted by atomic mass is 9.97. The van der Waals surface area contributed by atoms with Crippen molar-refractivity contribution in [2.24, 2.45) is 0 Å². The first kappa shape index (κ1) is 13.0. The lowest BCUT2D eigenvalue weighted by Gasteiger charge is -2.07. The number of ketones is 1. The van der Waals surface area contributed by atoms with Gasteiger partial charge in [0.15, 0.2) is 6.29 Å². The van der Waals surface area contributed by atoms with Crippen molar-refractivity contribution >= 4 is 17.6 Å². The molecular weight excluding hydrogens is 236 g/mol. The Balaban J connectivity index is 2.33. The Hall–Kier alpha value is -2.48. The quantitative estimate of drug-likeness (QED) is 0.464. The molecule has 0 atom stereocenters. The van der Waals surface area contributed by atoms with E-state index >= 15 is 0 Å². The van der Waals surface area contributed by atoms with Crippen molar-refractivity contribution in [1.29, 1.82) is 0 Å². The highest BCUT2D eigenvalue weighted by Crippen LogP contribution is 2.19. The lowest BCUT2D eigenvalue weighted by molar-refractivity contribution is -0.126. The molecule has 0 amide bonds. The highest BCUT2D eigenvalue weighted by atomic mass is 16.2. The summed E-state index contributed by atoms with van der Waals surface area (Å²) in [5.41, 5.74) is 2.92. The molecule has 0 bridgehead atoms. The van der Waals surface area contributed by atoms with Crippen molar-refractivity contribution in [3.05, 3.63) is 77.9 Å². The molecule has 0 aromatic heterocycles. The van der Waals surface area contributed by atoms with Gasteiger partial charge < -0.3 is 0 Å². The molecule has 2 nitrogen and oxygen atoms in total. The second-order valence-corrected chi connectivity index (χ2v) is 4.22. The molecule has 2 aromatic rings. The molecule has 0 radical (unpaired) electrons. The normalized spacial score (nSPS) is 11.1. The minimum atomic E-state index is -0.505. The lowest BCUT2D eigenvalue weighted by Crippen LogP contribution is -1.98. The van der Waals surface area contributed by atoms with Crippen LogP contribution >= 0.6 is 0 Å². The van der Waals surface area contributed by atoms with Crippen LogP contribution in [-0.2, 0) is 16.0 Å². The molecular formula is C17H14O2. The molecule has 0 aliphatic heterocycles. The topological polar surface area (TPSA) is 34.1 Å². The molecule has 0 unspecified atom stereocenters. The molecule has 2 aromatic carbocycles. The van der Waals surface area contributed by atoms with E-state index in [0.29, 0.717) is 12.7 Å². The minimum Gasteiger partial charge on any atom is -0.294 e. The summed E-state index contributed by atoms with van der Waals surface area (Å²) in [7, 11) is 0. The third-order valence-corrected chi connectivity index (χ3v) is 2.81. The predicted octanol–water partition coefficient (Wildman–Crippen LogP) is 3.08. The second-order valence-electron chi connectivity index (χ2n) is 4.22. The van der Waals surface area contributed by atoms with Crippen molar-refractivity contribution in [2.45, 2.75) is 6.42 Å². The zero-order chi connectivity index (χ0) is 13.5. The van der Waals surface area contributed by atoms with Crippen LogP contribution in [0.25, 0.3) is 5.57 Å². The van der Waals surface area contributed by atoms with Crippen molar-refractivity contribution in [1.82, 2.24) is 0 Å². The molecule has 0 spiro atoms. The van der Waals surface area contributed by atoms with Gasteiger partial charge in [-0.3, -0.25) is 9.59 Å². The molecule has 0 aliphatic rings. The Morgan fingerprint density at radius 2 is 1.47 bits per heavy atom. The molecule has 94 valence electrons. The SMILES string of the molecule is O=CC(=O)C=C(Cc1ccccc1)c1ccccc1. The van der Waals surface area contributed by atoms with Crippen LogP contribution in [0.4, 0.5) is 0 Å². The molecule has 0 aliphatic carbocycles. The van der Waals surface area contributed by atoms with Gasteiger partial charge in [0.25, 0.3) is 0 Å².